The Morgan fingerprint density at radius 1 is 1.21 bits per heavy atom. The molecule has 180 valence electrons. The van der Waals surface area contributed by atoms with Gasteiger partial charge >= 0.3 is 6.09 Å². The quantitative estimate of drug-likeness (QED) is 0.478. The molecule has 3 aromatic rings. The van der Waals surface area contributed by atoms with Crippen molar-refractivity contribution in [2.75, 3.05) is 6.61 Å². The number of alkyl carbamates (subject to hydrolysis) is 1. The lowest BCUT2D eigenvalue weighted by atomic mass is 9.91. The highest BCUT2D eigenvalue weighted by Gasteiger charge is 2.31. The lowest BCUT2D eigenvalue weighted by Crippen LogP contribution is -2.52. The van der Waals surface area contributed by atoms with Gasteiger partial charge in [-0.3, -0.25) is 4.98 Å². The fourth-order valence-electron chi connectivity index (χ4n) is 4.20. The zero-order valence-corrected chi connectivity index (χ0v) is 21.1. The second-order valence-corrected chi connectivity index (χ2v) is 10.4. The Kier molecular flexibility index (Phi) is 7.21. The maximum absolute atomic E-state index is 12.5. The molecule has 1 N–H and O–H groups in total. The largest absolute Gasteiger partial charge is 0.490 e. The first-order valence-electron chi connectivity index (χ1n) is 11.5. The highest BCUT2D eigenvalue weighted by molar-refractivity contribution is 5.92. The molecule has 1 amide bonds. The molecule has 7 heteroatoms. The van der Waals surface area contributed by atoms with E-state index in [1.54, 1.807) is 6.20 Å². The van der Waals surface area contributed by atoms with Gasteiger partial charge in [-0.1, -0.05) is 19.9 Å². The van der Waals surface area contributed by atoms with E-state index in [1.807, 2.05) is 75.8 Å². The molecule has 0 radical (unpaired) electrons. The molecule has 0 fully saturated rings. The third kappa shape index (κ3) is 6.07. The van der Waals surface area contributed by atoms with Crippen LogP contribution in [0.25, 0.3) is 22.2 Å². The Bertz CT molecular complexity index is 1220. The maximum Gasteiger partial charge on any atom is 0.408 e. The van der Waals surface area contributed by atoms with Crippen molar-refractivity contribution < 1.29 is 14.3 Å². The first-order chi connectivity index (χ1) is 15.9. The topological polar surface area (TPSA) is 89.2 Å². The fourth-order valence-corrected chi connectivity index (χ4v) is 4.20. The Balaban J connectivity index is 1.84. The number of carbonyl (C=O) groups is 1. The molecule has 1 atom stereocenters. The van der Waals surface area contributed by atoms with Crippen LogP contribution >= 0.6 is 0 Å². The van der Waals surface area contributed by atoms with Crippen molar-refractivity contribution in [2.24, 2.45) is 13.0 Å². The molecule has 0 spiro atoms. The van der Waals surface area contributed by atoms with Gasteiger partial charge in [-0.05, 0) is 69.9 Å². The predicted molar refractivity (Wildman–Crippen MR) is 134 cm³/mol. The van der Waals surface area contributed by atoms with Gasteiger partial charge in [-0.15, -0.1) is 0 Å². The van der Waals surface area contributed by atoms with Crippen LogP contribution in [0.2, 0.25) is 0 Å². The number of nitrogens with one attached hydrogen (secondary N) is 1. The molecule has 0 aliphatic heterocycles. The van der Waals surface area contributed by atoms with Gasteiger partial charge in [0.15, 0.2) is 0 Å². The zero-order chi connectivity index (χ0) is 25.1. The summed E-state index contributed by atoms with van der Waals surface area (Å²) in [6.07, 6.45) is 3.94. The second kappa shape index (κ2) is 9.76. The van der Waals surface area contributed by atoms with Crippen LogP contribution in [0.15, 0.2) is 42.7 Å². The molecule has 0 saturated heterocycles. The van der Waals surface area contributed by atoms with E-state index < -0.39 is 17.2 Å². The SMILES string of the molecule is CC(C)C[C@@](C)(COc1ccc(-c2ccnc3ccn(C)c23)cc1C#N)NC(=O)OC(C)(C)C. The Hall–Kier alpha value is -3.53. The van der Waals surface area contributed by atoms with Crippen LogP contribution in [-0.4, -0.2) is 33.4 Å². The fraction of sp³-hybridized carbons (Fsp3) is 0.444. The van der Waals surface area contributed by atoms with Gasteiger partial charge < -0.3 is 19.4 Å². The van der Waals surface area contributed by atoms with E-state index >= 15 is 0 Å². The van der Waals surface area contributed by atoms with Gasteiger partial charge in [0, 0.05) is 25.0 Å². The summed E-state index contributed by atoms with van der Waals surface area (Å²) in [5.41, 5.74) is 2.99. The third-order valence-corrected chi connectivity index (χ3v) is 5.38. The van der Waals surface area contributed by atoms with E-state index in [2.05, 4.69) is 30.2 Å². The minimum absolute atomic E-state index is 0.204. The number of carbonyl (C=O) groups excluding carboxylic acids is 1. The second-order valence-electron chi connectivity index (χ2n) is 10.4. The van der Waals surface area contributed by atoms with Crippen LogP contribution < -0.4 is 10.1 Å². The van der Waals surface area contributed by atoms with Gasteiger partial charge in [-0.2, -0.15) is 5.26 Å². The average molecular weight is 463 g/mol. The molecule has 0 saturated carbocycles. The number of aryl methyl sites for hydroxylation is 1. The summed E-state index contributed by atoms with van der Waals surface area (Å²) in [5.74, 6) is 0.796. The van der Waals surface area contributed by atoms with Crippen molar-refractivity contribution in [3.63, 3.8) is 0 Å². The Morgan fingerprint density at radius 3 is 2.59 bits per heavy atom. The summed E-state index contributed by atoms with van der Waals surface area (Å²) in [5, 5.41) is 12.8. The molecule has 2 aromatic heterocycles. The van der Waals surface area contributed by atoms with E-state index in [4.69, 9.17) is 9.47 Å². The third-order valence-electron chi connectivity index (χ3n) is 5.38. The first-order valence-corrected chi connectivity index (χ1v) is 11.5. The number of rotatable bonds is 7. The summed E-state index contributed by atoms with van der Waals surface area (Å²) in [4.78, 5) is 16.9. The first kappa shape index (κ1) is 25.1. The number of ether oxygens (including phenoxy) is 2. The minimum atomic E-state index is -0.664. The van der Waals surface area contributed by atoms with E-state index in [0.29, 0.717) is 23.7 Å². The van der Waals surface area contributed by atoms with E-state index in [1.165, 1.54) is 0 Å². The summed E-state index contributed by atoms with van der Waals surface area (Å²) < 4.78 is 13.6. The number of nitrogens with zero attached hydrogens (tertiary/aromatic N) is 3. The number of hydrogen-bond acceptors (Lipinski definition) is 5. The molecule has 1 aromatic carbocycles. The van der Waals surface area contributed by atoms with Gasteiger partial charge in [0.25, 0.3) is 0 Å². The molecular formula is C27H34N4O3. The average Bonchev–Trinajstić information content (AvgIpc) is 3.11. The van der Waals surface area contributed by atoms with Crippen LogP contribution in [0, 0.1) is 17.2 Å². The van der Waals surface area contributed by atoms with Gasteiger partial charge in [0.2, 0.25) is 0 Å². The molecule has 2 heterocycles. The van der Waals surface area contributed by atoms with Gasteiger partial charge in [-0.25, -0.2) is 4.79 Å². The number of hydrogen-bond donors (Lipinski definition) is 1. The lowest BCUT2D eigenvalue weighted by molar-refractivity contribution is 0.0408. The van der Waals surface area contributed by atoms with E-state index in [-0.39, 0.29) is 6.61 Å². The van der Waals surface area contributed by atoms with Gasteiger partial charge in [0.1, 0.15) is 24.0 Å². The smallest absolute Gasteiger partial charge is 0.408 e. The monoisotopic (exact) mass is 462 g/mol. The normalized spacial score (nSPS) is 13.4. The minimum Gasteiger partial charge on any atom is -0.490 e. The highest BCUT2D eigenvalue weighted by atomic mass is 16.6. The summed E-state index contributed by atoms with van der Waals surface area (Å²) in [6, 6.07) is 11.8. The number of fused-ring (bicyclic) bond motifs is 1. The molecule has 0 bridgehead atoms. The van der Waals surface area contributed by atoms with Crippen molar-refractivity contribution in [1.82, 2.24) is 14.9 Å². The summed E-state index contributed by atoms with van der Waals surface area (Å²) >= 11 is 0. The molecule has 0 unspecified atom stereocenters. The van der Waals surface area contributed by atoms with Crippen molar-refractivity contribution in [3.05, 3.63) is 48.3 Å². The number of nitriles is 1. The van der Waals surface area contributed by atoms with Crippen molar-refractivity contribution in [3.8, 4) is 22.9 Å². The molecule has 34 heavy (non-hydrogen) atoms. The van der Waals surface area contributed by atoms with E-state index in [9.17, 15) is 10.1 Å². The summed E-state index contributed by atoms with van der Waals surface area (Å²) in [7, 11) is 1.98. The van der Waals surface area contributed by atoms with Crippen molar-refractivity contribution >= 4 is 17.1 Å². The Morgan fingerprint density at radius 2 is 1.94 bits per heavy atom. The molecule has 3 rings (SSSR count). The maximum atomic E-state index is 12.5. The van der Waals surface area contributed by atoms with Crippen LogP contribution in [0.1, 0.15) is 53.5 Å². The number of aromatic nitrogens is 2. The zero-order valence-electron chi connectivity index (χ0n) is 21.1. The summed E-state index contributed by atoms with van der Waals surface area (Å²) in [6.45, 7) is 11.8. The molecular weight excluding hydrogens is 428 g/mol. The van der Waals surface area contributed by atoms with Crippen LogP contribution in [0.4, 0.5) is 4.79 Å². The van der Waals surface area contributed by atoms with Crippen LogP contribution in [-0.2, 0) is 11.8 Å². The lowest BCUT2D eigenvalue weighted by Gasteiger charge is -2.33. The van der Waals surface area contributed by atoms with Crippen molar-refractivity contribution in [2.45, 2.75) is 59.1 Å². The van der Waals surface area contributed by atoms with Crippen LogP contribution in [0.3, 0.4) is 0 Å². The number of benzene rings is 1. The van der Waals surface area contributed by atoms with Crippen LogP contribution in [0.5, 0.6) is 5.75 Å². The number of amides is 1. The van der Waals surface area contributed by atoms with Crippen molar-refractivity contribution in [1.29, 1.82) is 5.26 Å². The standard InChI is InChI=1S/C27H34N4O3/c1-18(2)15-27(6,30-25(32)34-26(3,4)5)17-33-23-9-8-19(14-20(23)16-28)21-10-12-29-22-11-13-31(7)24(21)22/h8-14,18H,15,17H2,1-7H3,(H,30,32)/t27-/m0/s1. The number of pyridine rings is 1. The molecule has 0 aliphatic carbocycles. The molecule has 7 nitrogen and oxygen atoms in total. The Labute approximate surface area is 201 Å². The predicted octanol–water partition coefficient (Wildman–Crippen LogP) is 5.82. The van der Waals surface area contributed by atoms with Gasteiger partial charge in [0.05, 0.1) is 22.1 Å². The van der Waals surface area contributed by atoms with E-state index in [0.717, 1.165) is 22.2 Å². The highest BCUT2D eigenvalue weighted by Crippen LogP contribution is 2.32. The molecule has 0 aliphatic rings.